The lowest BCUT2D eigenvalue weighted by Gasteiger charge is -2.32. The van der Waals surface area contributed by atoms with Crippen LogP contribution < -0.4 is 23.8 Å². The molecule has 170 valence electrons. The first kappa shape index (κ1) is 20.0. The normalized spacial score (nSPS) is 16.7. The molecule has 0 saturated carbocycles. The number of morpholine rings is 1. The van der Waals surface area contributed by atoms with Gasteiger partial charge in [0, 0.05) is 29.6 Å². The summed E-state index contributed by atoms with van der Waals surface area (Å²) in [6, 6.07) is 9.64. The Morgan fingerprint density at radius 3 is 2.33 bits per heavy atom. The Morgan fingerprint density at radius 1 is 0.848 bits per heavy atom. The smallest absolute Gasteiger partial charge is 0.339 e. The first-order valence-corrected chi connectivity index (χ1v) is 10.8. The molecule has 0 radical (unpaired) electrons. The maximum absolute atomic E-state index is 13.1. The predicted molar refractivity (Wildman–Crippen MR) is 121 cm³/mol. The van der Waals surface area contributed by atoms with E-state index in [4.69, 9.17) is 28.4 Å². The van der Waals surface area contributed by atoms with Gasteiger partial charge >= 0.3 is 5.97 Å². The van der Waals surface area contributed by atoms with Gasteiger partial charge in [0.25, 0.3) is 0 Å². The fourth-order valence-electron chi connectivity index (χ4n) is 4.92. The van der Waals surface area contributed by atoms with Crippen LogP contribution in [0, 0.1) is 0 Å². The molecule has 1 saturated heterocycles. The monoisotopic (exact) mass is 449 g/mol. The van der Waals surface area contributed by atoms with Gasteiger partial charge < -0.3 is 33.3 Å². The number of fused-ring (bicyclic) bond motifs is 3. The summed E-state index contributed by atoms with van der Waals surface area (Å²) in [7, 11) is 3.23. The minimum Gasteiger partial charge on any atom is -0.493 e. The molecule has 0 amide bonds. The van der Waals surface area contributed by atoms with Crippen molar-refractivity contribution in [2.45, 2.75) is 6.61 Å². The molecule has 1 fully saturated rings. The van der Waals surface area contributed by atoms with Crippen LogP contribution in [0.4, 0.5) is 5.69 Å². The van der Waals surface area contributed by atoms with Crippen molar-refractivity contribution in [3.05, 3.63) is 41.5 Å². The molecule has 3 heterocycles. The number of hydrogen-bond acceptors (Lipinski definition) is 8. The van der Waals surface area contributed by atoms with Crippen LogP contribution in [0.25, 0.3) is 21.9 Å². The maximum atomic E-state index is 13.1. The van der Waals surface area contributed by atoms with Gasteiger partial charge in [0.2, 0.25) is 6.79 Å². The second-order valence-electron chi connectivity index (χ2n) is 8.07. The summed E-state index contributed by atoms with van der Waals surface area (Å²) in [5.74, 6) is 2.22. The Bertz CT molecular complexity index is 1280. The van der Waals surface area contributed by atoms with E-state index < -0.39 is 0 Å². The quantitative estimate of drug-likeness (QED) is 0.558. The number of benzene rings is 3. The van der Waals surface area contributed by atoms with E-state index in [1.807, 2.05) is 30.3 Å². The molecular formula is C25H23NO7. The summed E-state index contributed by atoms with van der Waals surface area (Å²) in [6.07, 6.45) is 0. The van der Waals surface area contributed by atoms with E-state index in [1.165, 1.54) is 0 Å². The van der Waals surface area contributed by atoms with E-state index in [1.54, 1.807) is 14.2 Å². The van der Waals surface area contributed by atoms with E-state index in [0.29, 0.717) is 41.8 Å². The maximum Gasteiger partial charge on any atom is 0.339 e. The highest BCUT2D eigenvalue weighted by atomic mass is 16.7. The molecule has 0 N–H and O–H groups in total. The minimum atomic E-state index is -0.330. The highest BCUT2D eigenvalue weighted by Gasteiger charge is 2.34. The second-order valence-corrected chi connectivity index (χ2v) is 8.07. The average molecular weight is 449 g/mol. The molecule has 3 aliphatic heterocycles. The van der Waals surface area contributed by atoms with Crippen LogP contribution in [-0.4, -0.2) is 53.3 Å². The van der Waals surface area contributed by atoms with Gasteiger partial charge in [-0.2, -0.15) is 0 Å². The van der Waals surface area contributed by atoms with Gasteiger partial charge in [0.05, 0.1) is 38.7 Å². The number of ether oxygens (including phenoxy) is 6. The molecule has 0 atom stereocenters. The molecule has 3 aromatic rings. The third-order valence-corrected chi connectivity index (χ3v) is 6.43. The molecule has 3 aliphatic rings. The highest BCUT2D eigenvalue weighted by molar-refractivity contribution is 6.16. The fraction of sp³-hybridized carbons (Fsp3) is 0.320. The largest absolute Gasteiger partial charge is 0.493 e. The molecule has 0 unspecified atom stereocenters. The number of methoxy groups -OCH3 is 2. The summed E-state index contributed by atoms with van der Waals surface area (Å²) >= 11 is 0. The molecule has 6 rings (SSSR count). The zero-order valence-corrected chi connectivity index (χ0v) is 18.4. The van der Waals surface area contributed by atoms with Crippen molar-refractivity contribution in [1.29, 1.82) is 0 Å². The van der Waals surface area contributed by atoms with Gasteiger partial charge in [0.15, 0.2) is 23.0 Å². The summed E-state index contributed by atoms with van der Waals surface area (Å²) in [5.41, 5.74) is 4.09. The SMILES string of the molecule is COc1cc2c(-c3ccc4c(c3)OCO4)c3c(c(N4CCOCC4)c2cc1OC)COC3=O. The number of cyclic esters (lactones) is 1. The summed E-state index contributed by atoms with van der Waals surface area (Å²) in [5, 5.41) is 1.85. The third kappa shape index (κ3) is 3.05. The topological polar surface area (TPSA) is 75.7 Å². The standard InChI is InChI=1S/C25H23NO7/c1-28-19-10-15-16(11-20(19)29-2)24(26-5-7-30-8-6-26)17-12-31-25(27)23(17)22(15)14-3-4-18-21(9-14)33-13-32-18/h3-4,9-11H,5-8,12-13H2,1-2H3. The Hall–Kier alpha value is -3.65. The number of carbonyl (C=O) groups is 1. The molecule has 8 nitrogen and oxygen atoms in total. The lowest BCUT2D eigenvalue weighted by atomic mass is 9.88. The molecule has 0 bridgehead atoms. The van der Waals surface area contributed by atoms with Crippen molar-refractivity contribution in [3.8, 4) is 34.1 Å². The van der Waals surface area contributed by atoms with Gasteiger partial charge in [-0.25, -0.2) is 4.79 Å². The van der Waals surface area contributed by atoms with Crippen molar-refractivity contribution in [3.63, 3.8) is 0 Å². The second kappa shape index (κ2) is 7.74. The molecule has 8 heteroatoms. The third-order valence-electron chi connectivity index (χ3n) is 6.43. The number of hydrogen-bond donors (Lipinski definition) is 0. The van der Waals surface area contributed by atoms with Crippen LogP contribution in [0.2, 0.25) is 0 Å². The number of anilines is 1. The van der Waals surface area contributed by atoms with E-state index >= 15 is 0 Å². The first-order chi connectivity index (χ1) is 16.2. The molecule has 3 aromatic carbocycles. The Morgan fingerprint density at radius 2 is 1.58 bits per heavy atom. The fourth-order valence-corrected chi connectivity index (χ4v) is 4.92. The van der Waals surface area contributed by atoms with Gasteiger partial charge in [-0.05, 0) is 35.2 Å². The average Bonchev–Trinajstić information content (AvgIpc) is 3.48. The lowest BCUT2D eigenvalue weighted by Crippen LogP contribution is -2.37. The summed E-state index contributed by atoms with van der Waals surface area (Å²) in [6.45, 7) is 3.12. The number of carbonyl (C=O) groups excluding carboxylic acids is 1. The molecule has 33 heavy (non-hydrogen) atoms. The molecule has 0 aromatic heterocycles. The van der Waals surface area contributed by atoms with Gasteiger partial charge in [-0.3, -0.25) is 0 Å². The van der Waals surface area contributed by atoms with Crippen molar-refractivity contribution in [2.24, 2.45) is 0 Å². The highest BCUT2D eigenvalue weighted by Crippen LogP contribution is 2.49. The summed E-state index contributed by atoms with van der Waals surface area (Å²) < 4.78 is 33.5. The van der Waals surface area contributed by atoms with Crippen LogP contribution in [0.1, 0.15) is 15.9 Å². The predicted octanol–water partition coefficient (Wildman–Crippen LogP) is 3.76. The van der Waals surface area contributed by atoms with Crippen LogP contribution in [0.3, 0.4) is 0 Å². The number of rotatable bonds is 4. The Kier molecular flexibility index (Phi) is 4.69. The van der Waals surface area contributed by atoms with E-state index in [9.17, 15) is 4.79 Å². The minimum absolute atomic E-state index is 0.181. The Labute approximate surface area is 190 Å². The van der Waals surface area contributed by atoms with Crippen molar-refractivity contribution in [2.75, 3.05) is 52.2 Å². The van der Waals surface area contributed by atoms with Crippen LogP contribution in [0.15, 0.2) is 30.3 Å². The van der Waals surface area contributed by atoms with Gasteiger partial charge in [-0.1, -0.05) is 6.07 Å². The van der Waals surface area contributed by atoms with Gasteiger partial charge in [-0.15, -0.1) is 0 Å². The van der Waals surface area contributed by atoms with Crippen molar-refractivity contribution in [1.82, 2.24) is 0 Å². The first-order valence-electron chi connectivity index (χ1n) is 10.8. The number of nitrogens with zero attached hydrogens (tertiary/aromatic N) is 1. The molecular weight excluding hydrogens is 426 g/mol. The summed E-state index contributed by atoms with van der Waals surface area (Å²) in [4.78, 5) is 15.3. The lowest BCUT2D eigenvalue weighted by molar-refractivity contribution is 0.0535. The van der Waals surface area contributed by atoms with Crippen LogP contribution in [0.5, 0.6) is 23.0 Å². The van der Waals surface area contributed by atoms with E-state index in [2.05, 4.69) is 4.90 Å². The molecule has 0 spiro atoms. The zero-order chi connectivity index (χ0) is 22.5. The number of esters is 1. The Balaban J connectivity index is 1.71. The van der Waals surface area contributed by atoms with Crippen molar-refractivity contribution >= 4 is 22.4 Å². The van der Waals surface area contributed by atoms with Crippen molar-refractivity contribution < 1.29 is 33.2 Å². The van der Waals surface area contributed by atoms with E-state index in [0.717, 1.165) is 46.2 Å². The molecule has 0 aliphatic carbocycles. The van der Waals surface area contributed by atoms with Crippen LogP contribution >= 0.6 is 0 Å². The zero-order valence-electron chi connectivity index (χ0n) is 18.4. The van der Waals surface area contributed by atoms with E-state index in [-0.39, 0.29) is 19.4 Å². The van der Waals surface area contributed by atoms with Crippen LogP contribution in [-0.2, 0) is 16.1 Å². The van der Waals surface area contributed by atoms with Gasteiger partial charge in [0.1, 0.15) is 6.61 Å².